The number of methoxy groups -OCH3 is 1. The Bertz CT molecular complexity index is 641. The molecule has 1 atom stereocenters. The second-order valence-corrected chi connectivity index (χ2v) is 6.42. The molecule has 7 heteroatoms. The number of nitrogens with one attached hydrogen (secondary N) is 1. The highest BCUT2D eigenvalue weighted by Crippen LogP contribution is 2.20. The van der Waals surface area contributed by atoms with Gasteiger partial charge in [-0.1, -0.05) is 26.0 Å². The molecule has 1 amide bonds. The molecule has 0 heterocycles. The van der Waals surface area contributed by atoms with Crippen LogP contribution in [0.4, 0.5) is 0 Å². The van der Waals surface area contributed by atoms with Gasteiger partial charge in [0.05, 0.1) is 7.11 Å². The second kappa shape index (κ2) is 10.4. The van der Waals surface area contributed by atoms with Crippen molar-refractivity contribution in [3.05, 3.63) is 29.3 Å². The van der Waals surface area contributed by atoms with E-state index in [1.807, 2.05) is 39.8 Å². The molecule has 0 spiro atoms. The van der Waals surface area contributed by atoms with E-state index in [0.29, 0.717) is 12.2 Å². The summed E-state index contributed by atoms with van der Waals surface area (Å²) in [6, 6.07) is 4.77. The Hall–Kier alpha value is -2.57. The molecule has 0 fully saturated rings. The van der Waals surface area contributed by atoms with Gasteiger partial charge >= 0.3 is 11.9 Å². The fourth-order valence-electron chi connectivity index (χ4n) is 2.27. The van der Waals surface area contributed by atoms with E-state index in [9.17, 15) is 14.4 Å². The lowest BCUT2D eigenvalue weighted by atomic mass is 10.0. The van der Waals surface area contributed by atoms with Gasteiger partial charge in [0.15, 0.2) is 13.2 Å². The van der Waals surface area contributed by atoms with Crippen LogP contribution in [-0.2, 0) is 23.9 Å². The molecule has 1 rings (SSSR count). The van der Waals surface area contributed by atoms with E-state index in [0.717, 1.165) is 11.1 Å². The van der Waals surface area contributed by atoms with Crippen LogP contribution < -0.4 is 10.1 Å². The molecular weight excluding hydrogens is 338 g/mol. The van der Waals surface area contributed by atoms with E-state index < -0.39 is 30.5 Å². The number of amides is 1. The fourth-order valence-corrected chi connectivity index (χ4v) is 2.27. The molecule has 0 aliphatic heterocycles. The van der Waals surface area contributed by atoms with E-state index in [4.69, 9.17) is 9.47 Å². The number of hydrogen-bond donors (Lipinski definition) is 1. The van der Waals surface area contributed by atoms with Crippen LogP contribution in [0.5, 0.6) is 5.75 Å². The van der Waals surface area contributed by atoms with Crippen molar-refractivity contribution in [1.29, 1.82) is 0 Å². The number of esters is 2. The van der Waals surface area contributed by atoms with E-state index in [1.54, 1.807) is 6.07 Å². The molecular formula is C19H27NO6. The molecule has 1 N–H and O–H groups in total. The van der Waals surface area contributed by atoms with Crippen LogP contribution in [0.3, 0.4) is 0 Å². The van der Waals surface area contributed by atoms with Gasteiger partial charge in [0.2, 0.25) is 0 Å². The zero-order chi connectivity index (χ0) is 19.7. The maximum absolute atomic E-state index is 11.9. The zero-order valence-corrected chi connectivity index (χ0v) is 16.0. The molecule has 144 valence electrons. The van der Waals surface area contributed by atoms with Crippen molar-refractivity contribution in [2.75, 3.05) is 20.3 Å². The highest BCUT2D eigenvalue weighted by molar-refractivity contribution is 5.86. The highest BCUT2D eigenvalue weighted by atomic mass is 16.6. The van der Waals surface area contributed by atoms with Gasteiger partial charge in [-0.2, -0.15) is 0 Å². The smallest absolute Gasteiger partial charge is 0.344 e. The van der Waals surface area contributed by atoms with Crippen LogP contribution in [0.15, 0.2) is 18.2 Å². The predicted octanol–water partition coefficient (Wildman–Crippen LogP) is 1.93. The minimum Gasteiger partial charge on any atom is -0.482 e. The summed E-state index contributed by atoms with van der Waals surface area (Å²) in [6.45, 7) is 6.90. The third kappa shape index (κ3) is 7.13. The largest absolute Gasteiger partial charge is 0.482 e. The summed E-state index contributed by atoms with van der Waals surface area (Å²) in [6.07, 6.45) is 0.433. The Morgan fingerprint density at radius 1 is 1.12 bits per heavy atom. The van der Waals surface area contributed by atoms with Crippen molar-refractivity contribution in [1.82, 2.24) is 5.32 Å². The first-order valence-corrected chi connectivity index (χ1v) is 8.46. The topological polar surface area (TPSA) is 90.9 Å². The number of hydrogen-bond acceptors (Lipinski definition) is 6. The number of carbonyl (C=O) groups excluding carboxylic acids is 3. The number of ether oxygens (including phenoxy) is 3. The lowest BCUT2D eigenvalue weighted by Gasteiger charge is -2.18. The Morgan fingerprint density at radius 3 is 2.42 bits per heavy atom. The lowest BCUT2D eigenvalue weighted by Crippen LogP contribution is -2.44. The van der Waals surface area contributed by atoms with Crippen LogP contribution in [-0.4, -0.2) is 44.2 Å². The summed E-state index contributed by atoms with van der Waals surface area (Å²) in [7, 11) is 1.26. The number of rotatable bonds is 9. The third-order valence-electron chi connectivity index (χ3n) is 3.79. The number of aryl methyl sites for hydroxylation is 1. The van der Waals surface area contributed by atoms with E-state index in [2.05, 4.69) is 10.1 Å². The molecule has 0 bridgehead atoms. The Labute approximate surface area is 154 Å². The van der Waals surface area contributed by atoms with Crippen molar-refractivity contribution in [2.24, 2.45) is 5.92 Å². The van der Waals surface area contributed by atoms with Gasteiger partial charge in [-0.25, -0.2) is 9.59 Å². The Morgan fingerprint density at radius 2 is 1.81 bits per heavy atom. The minimum absolute atomic E-state index is 0.188. The SMILES string of the molecule is COC(=O)[C@@H](CC(C)C)NC(=O)COC(=O)COc1cccc(C)c1C. The van der Waals surface area contributed by atoms with E-state index in [-0.39, 0.29) is 12.5 Å². The maximum Gasteiger partial charge on any atom is 0.344 e. The summed E-state index contributed by atoms with van der Waals surface area (Å²) in [5.41, 5.74) is 1.99. The second-order valence-electron chi connectivity index (χ2n) is 6.42. The first-order valence-electron chi connectivity index (χ1n) is 8.46. The van der Waals surface area contributed by atoms with Crippen LogP contribution in [0, 0.1) is 19.8 Å². The summed E-state index contributed by atoms with van der Waals surface area (Å²) in [5.74, 6) is -0.987. The van der Waals surface area contributed by atoms with Crippen molar-refractivity contribution < 1.29 is 28.6 Å². The van der Waals surface area contributed by atoms with Gasteiger partial charge in [-0.15, -0.1) is 0 Å². The fraction of sp³-hybridized carbons (Fsp3) is 0.526. The Kier molecular flexibility index (Phi) is 8.61. The molecule has 26 heavy (non-hydrogen) atoms. The van der Waals surface area contributed by atoms with Crippen LogP contribution in [0.2, 0.25) is 0 Å². The highest BCUT2D eigenvalue weighted by Gasteiger charge is 2.23. The molecule has 0 aromatic heterocycles. The average molecular weight is 365 g/mol. The van der Waals surface area contributed by atoms with E-state index in [1.165, 1.54) is 7.11 Å². The third-order valence-corrected chi connectivity index (χ3v) is 3.79. The minimum atomic E-state index is -0.766. The quantitative estimate of drug-likeness (QED) is 0.673. The maximum atomic E-state index is 11.9. The van der Waals surface area contributed by atoms with Gasteiger partial charge in [-0.05, 0) is 43.4 Å². The normalized spacial score (nSPS) is 11.6. The Balaban J connectivity index is 2.44. The van der Waals surface area contributed by atoms with Gasteiger partial charge in [0, 0.05) is 0 Å². The van der Waals surface area contributed by atoms with Crippen molar-refractivity contribution in [3.63, 3.8) is 0 Å². The average Bonchev–Trinajstić information content (AvgIpc) is 2.59. The van der Waals surface area contributed by atoms with Gasteiger partial charge in [-0.3, -0.25) is 4.79 Å². The molecule has 0 aliphatic rings. The molecule has 1 aromatic rings. The standard InChI is InChI=1S/C19H27NO6/c1-12(2)9-15(19(23)24-5)20-17(21)10-26-18(22)11-25-16-8-6-7-13(3)14(16)4/h6-8,12,15H,9-11H2,1-5H3,(H,20,21)/t15-/m1/s1. The van der Waals surface area contributed by atoms with Gasteiger partial charge < -0.3 is 19.5 Å². The van der Waals surface area contributed by atoms with Crippen molar-refractivity contribution in [2.45, 2.75) is 40.2 Å². The molecule has 0 unspecified atom stereocenters. The zero-order valence-electron chi connectivity index (χ0n) is 16.0. The molecule has 0 radical (unpaired) electrons. The van der Waals surface area contributed by atoms with Crippen LogP contribution in [0.25, 0.3) is 0 Å². The van der Waals surface area contributed by atoms with Crippen molar-refractivity contribution in [3.8, 4) is 5.75 Å². The van der Waals surface area contributed by atoms with Crippen LogP contribution >= 0.6 is 0 Å². The van der Waals surface area contributed by atoms with Gasteiger partial charge in [0.1, 0.15) is 11.8 Å². The first-order chi connectivity index (χ1) is 12.2. The summed E-state index contributed by atoms with van der Waals surface area (Å²) >= 11 is 0. The van der Waals surface area contributed by atoms with Gasteiger partial charge in [0.25, 0.3) is 5.91 Å². The van der Waals surface area contributed by atoms with E-state index >= 15 is 0 Å². The lowest BCUT2D eigenvalue weighted by molar-refractivity contribution is -0.151. The first kappa shape index (κ1) is 21.5. The molecule has 0 saturated heterocycles. The summed E-state index contributed by atoms with van der Waals surface area (Å²) in [4.78, 5) is 35.3. The summed E-state index contributed by atoms with van der Waals surface area (Å²) < 4.78 is 15.0. The van der Waals surface area contributed by atoms with Crippen LogP contribution in [0.1, 0.15) is 31.4 Å². The molecule has 7 nitrogen and oxygen atoms in total. The number of benzene rings is 1. The number of carbonyl (C=O) groups is 3. The van der Waals surface area contributed by atoms with Crippen molar-refractivity contribution >= 4 is 17.8 Å². The molecule has 0 saturated carbocycles. The predicted molar refractivity (Wildman–Crippen MR) is 95.8 cm³/mol. The molecule has 1 aromatic carbocycles. The summed E-state index contributed by atoms with van der Waals surface area (Å²) in [5, 5.41) is 2.51. The molecule has 0 aliphatic carbocycles. The monoisotopic (exact) mass is 365 g/mol.